The van der Waals surface area contributed by atoms with Crippen molar-refractivity contribution in [1.82, 2.24) is 9.88 Å². The summed E-state index contributed by atoms with van der Waals surface area (Å²) in [4.78, 5) is 0. The van der Waals surface area contributed by atoms with Gasteiger partial charge in [0, 0.05) is 38.1 Å². The summed E-state index contributed by atoms with van der Waals surface area (Å²) in [6.07, 6.45) is 4.50. The van der Waals surface area contributed by atoms with Crippen LogP contribution in [0.3, 0.4) is 0 Å². The highest BCUT2D eigenvalue weighted by Crippen LogP contribution is 2.07. The van der Waals surface area contributed by atoms with Crippen molar-refractivity contribution < 1.29 is 4.74 Å². The first kappa shape index (κ1) is 9.74. The Hall–Kier alpha value is -0.800. The van der Waals surface area contributed by atoms with E-state index in [1.54, 1.807) is 0 Å². The molecule has 3 nitrogen and oxygen atoms in total. The molecule has 0 amide bonds. The van der Waals surface area contributed by atoms with Crippen molar-refractivity contribution in [3.8, 4) is 0 Å². The molecule has 14 heavy (non-hydrogen) atoms. The molecule has 2 heterocycles. The normalized spacial score (nSPS) is 22.5. The smallest absolute Gasteiger partial charge is 0.0619 e. The molecule has 0 saturated carbocycles. The second-order valence-corrected chi connectivity index (χ2v) is 3.91. The molecule has 1 fully saturated rings. The van der Waals surface area contributed by atoms with Crippen molar-refractivity contribution in [3.05, 3.63) is 24.0 Å². The van der Waals surface area contributed by atoms with Crippen LogP contribution in [-0.4, -0.2) is 23.8 Å². The van der Waals surface area contributed by atoms with Crippen LogP contribution in [0, 0.1) is 0 Å². The van der Waals surface area contributed by atoms with Gasteiger partial charge in [0.25, 0.3) is 0 Å². The third kappa shape index (κ3) is 2.36. The maximum Gasteiger partial charge on any atom is 0.0619 e. The molecule has 1 N–H and O–H groups in total. The van der Waals surface area contributed by atoms with Crippen LogP contribution in [0.15, 0.2) is 18.3 Å². The molecule has 1 aromatic heterocycles. The highest BCUT2D eigenvalue weighted by Gasteiger charge is 2.12. The van der Waals surface area contributed by atoms with Gasteiger partial charge in [-0.25, -0.2) is 0 Å². The number of aryl methyl sites for hydroxylation is 1. The maximum absolute atomic E-state index is 5.41. The van der Waals surface area contributed by atoms with E-state index in [0.29, 0.717) is 6.04 Å². The summed E-state index contributed by atoms with van der Waals surface area (Å²) in [5, 5.41) is 3.52. The number of aromatic nitrogens is 1. The third-order valence-corrected chi connectivity index (χ3v) is 2.78. The molecule has 0 spiro atoms. The second kappa shape index (κ2) is 4.62. The minimum atomic E-state index is 0.540. The molecule has 0 aliphatic carbocycles. The quantitative estimate of drug-likeness (QED) is 0.785. The molecular weight excluding hydrogens is 176 g/mol. The average molecular weight is 194 g/mol. The molecular formula is C11H18N2O. The van der Waals surface area contributed by atoms with Crippen LogP contribution < -0.4 is 5.32 Å². The average Bonchev–Trinajstić information content (AvgIpc) is 2.63. The fourth-order valence-electron chi connectivity index (χ4n) is 1.83. The van der Waals surface area contributed by atoms with E-state index < -0.39 is 0 Å². The number of hydrogen-bond donors (Lipinski definition) is 1. The lowest BCUT2D eigenvalue weighted by atomic mass is 10.1. The Morgan fingerprint density at radius 3 is 3.21 bits per heavy atom. The predicted molar refractivity (Wildman–Crippen MR) is 56.1 cm³/mol. The SMILES string of the molecule is Cn1cccc1CNC1CCCOC1. The van der Waals surface area contributed by atoms with Crippen molar-refractivity contribution in [3.63, 3.8) is 0 Å². The second-order valence-electron chi connectivity index (χ2n) is 3.91. The highest BCUT2D eigenvalue weighted by molar-refractivity contribution is 5.06. The lowest BCUT2D eigenvalue weighted by Crippen LogP contribution is -2.36. The summed E-state index contributed by atoms with van der Waals surface area (Å²) >= 11 is 0. The van der Waals surface area contributed by atoms with Crippen molar-refractivity contribution in [2.24, 2.45) is 7.05 Å². The zero-order valence-electron chi connectivity index (χ0n) is 8.70. The molecule has 78 valence electrons. The Kier molecular flexibility index (Phi) is 3.22. The van der Waals surface area contributed by atoms with E-state index in [4.69, 9.17) is 4.74 Å². The lowest BCUT2D eigenvalue weighted by molar-refractivity contribution is 0.0697. The first-order valence-electron chi connectivity index (χ1n) is 5.27. The van der Waals surface area contributed by atoms with Gasteiger partial charge in [0.1, 0.15) is 0 Å². The van der Waals surface area contributed by atoms with Crippen LogP contribution >= 0.6 is 0 Å². The molecule has 1 unspecified atom stereocenters. The van der Waals surface area contributed by atoms with Gasteiger partial charge < -0.3 is 14.6 Å². The van der Waals surface area contributed by atoms with Gasteiger partial charge >= 0.3 is 0 Å². The van der Waals surface area contributed by atoms with E-state index >= 15 is 0 Å². The summed E-state index contributed by atoms with van der Waals surface area (Å²) < 4.78 is 7.56. The molecule has 1 aromatic rings. The standard InChI is InChI=1S/C11H18N2O/c1-13-6-2-5-11(13)8-12-10-4-3-7-14-9-10/h2,5-6,10,12H,3-4,7-9H2,1H3. The Morgan fingerprint density at radius 1 is 1.64 bits per heavy atom. The minimum absolute atomic E-state index is 0.540. The van der Waals surface area contributed by atoms with E-state index in [2.05, 4.69) is 35.3 Å². The van der Waals surface area contributed by atoms with E-state index in [9.17, 15) is 0 Å². The third-order valence-electron chi connectivity index (χ3n) is 2.78. The van der Waals surface area contributed by atoms with Crippen molar-refractivity contribution >= 4 is 0 Å². The largest absolute Gasteiger partial charge is 0.380 e. The van der Waals surface area contributed by atoms with Crippen LogP contribution in [0.2, 0.25) is 0 Å². The minimum Gasteiger partial charge on any atom is -0.380 e. The van der Waals surface area contributed by atoms with Gasteiger partial charge in [-0.05, 0) is 25.0 Å². The summed E-state index contributed by atoms with van der Waals surface area (Å²) in [7, 11) is 2.08. The van der Waals surface area contributed by atoms with E-state index in [-0.39, 0.29) is 0 Å². The number of ether oxygens (including phenoxy) is 1. The van der Waals surface area contributed by atoms with E-state index in [0.717, 1.165) is 19.8 Å². The van der Waals surface area contributed by atoms with Crippen molar-refractivity contribution in [1.29, 1.82) is 0 Å². The Bertz CT molecular complexity index is 277. The van der Waals surface area contributed by atoms with Crippen LogP contribution in [0.5, 0.6) is 0 Å². The molecule has 2 rings (SSSR count). The predicted octanol–water partition coefficient (Wildman–Crippen LogP) is 1.29. The summed E-state index contributed by atoms with van der Waals surface area (Å²) in [5.74, 6) is 0. The van der Waals surface area contributed by atoms with E-state index in [1.165, 1.54) is 18.5 Å². The molecule has 1 saturated heterocycles. The summed E-state index contributed by atoms with van der Waals surface area (Å²) in [6.45, 7) is 2.74. The maximum atomic E-state index is 5.41. The number of hydrogen-bond acceptors (Lipinski definition) is 2. The van der Waals surface area contributed by atoms with Crippen molar-refractivity contribution in [2.45, 2.75) is 25.4 Å². The zero-order chi connectivity index (χ0) is 9.80. The zero-order valence-corrected chi connectivity index (χ0v) is 8.70. The topological polar surface area (TPSA) is 26.2 Å². The molecule has 1 aliphatic rings. The molecule has 0 aromatic carbocycles. The Morgan fingerprint density at radius 2 is 2.57 bits per heavy atom. The first-order valence-corrected chi connectivity index (χ1v) is 5.27. The van der Waals surface area contributed by atoms with E-state index in [1.807, 2.05) is 0 Å². The number of nitrogens with zero attached hydrogens (tertiary/aromatic N) is 1. The molecule has 1 aliphatic heterocycles. The van der Waals surface area contributed by atoms with Crippen LogP contribution in [-0.2, 0) is 18.3 Å². The monoisotopic (exact) mass is 194 g/mol. The van der Waals surface area contributed by atoms with Gasteiger partial charge in [-0.2, -0.15) is 0 Å². The number of nitrogens with one attached hydrogen (secondary N) is 1. The van der Waals surface area contributed by atoms with Gasteiger partial charge in [-0.15, -0.1) is 0 Å². The summed E-state index contributed by atoms with van der Waals surface area (Å²) in [6, 6.07) is 4.77. The van der Waals surface area contributed by atoms with Crippen molar-refractivity contribution in [2.75, 3.05) is 13.2 Å². The van der Waals surface area contributed by atoms with Crippen LogP contribution in [0.4, 0.5) is 0 Å². The van der Waals surface area contributed by atoms with Crippen LogP contribution in [0.1, 0.15) is 18.5 Å². The Balaban J connectivity index is 1.79. The fraction of sp³-hybridized carbons (Fsp3) is 0.636. The highest BCUT2D eigenvalue weighted by atomic mass is 16.5. The van der Waals surface area contributed by atoms with Gasteiger partial charge in [0.2, 0.25) is 0 Å². The van der Waals surface area contributed by atoms with Gasteiger partial charge in [0.15, 0.2) is 0 Å². The first-order chi connectivity index (χ1) is 6.86. The molecule has 1 atom stereocenters. The van der Waals surface area contributed by atoms with Gasteiger partial charge in [-0.1, -0.05) is 0 Å². The summed E-state index contributed by atoms with van der Waals surface area (Å²) in [5.41, 5.74) is 1.33. The fourth-order valence-corrected chi connectivity index (χ4v) is 1.83. The van der Waals surface area contributed by atoms with Crippen LogP contribution in [0.25, 0.3) is 0 Å². The van der Waals surface area contributed by atoms with Gasteiger partial charge in [-0.3, -0.25) is 0 Å². The number of rotatable bonds is 3. The molecule has 3 heteroatoms. The molecule has 0 bridgehead atoms. The lowest BCUT2D eigenvalue weighted by Gasteiger charge is -2.23. The Labute approximate surface area is 85.1 Å². The molecule has 0 radical (unpaired) electrons. The van der Waals surface area contributed by atoms with Gasteiger partial charge in [0.05, 0.1) is 6.61 Å².